The number of halogens is 3. The number of aromatic amines is 1. The largest absolute Gasteiger partial charge is 0.495 e. The lowest BCUT2D eigenvalue weighted by atomic mass is 10.2. The zero-order chi connectivity index (χ0) is 14.3. The zero-order valence-corrected chi connectivity index (χ0v) is 13.5. The highest BCUT2D eigenvalue weighted by atomic mass is 79.9. The first-order valence-electron chi connectivity index (χ1n) is 5.77. The van der Waals surface area contributed by atoms with Crippen molar-refractivity contribution in [1.29, 1.82) is 0 Å². The summed E-state index contributed by atoms with van der Waals surface area (Å²) in [5.74, 6) is 1.34. The highest BCUT2D eigenvalue weighted by Gasteiger charge is 2.11. The molecule has 0 saturated carbocycles. The normalized spacial score (nSPS) is 11.0. The van der Waals surface area contributed by atoms with E-state index in [9.17, 15) is 0 Å². The average molecular weight is 372 g/mol. The third-order valence-electron chi connectivity index (χ3n) is 2.93. The molecule has 0 bridgehead atoms. The van der Waals surface area contributed by atoms with Gasteiger partial charge in [-0.1, -0.05) is 39.1 Å². The fraction of sp³-hybridized carbons (Fsp3) is 0.0714. The standard InChI is InChI=1S/C14H9BrCl2N2O/c1-20-12-3-2-7(4-9(12)16)14-18-11-6-8(15)5-10(17)13(11)19-14/h2-6H,1H3,(H,18,19). The lowest BCUT2D eigenvalue weighted by Crippen LogP contribution is -1.86. The van der Waals surface area contributed by atoms with E-state index in [2.05, 4.69) is 25.9 Å². The molecular weight excluding hydrogens is 363 g/mol. The van der Waals surface area contributed by atoms with Gasteiger partial charge in [-0.25, -0.2) is 4.98 Å². The summed E-state index contributed by atoms with van der Waals surface area (Å²) in [6, 6.07) is 9.26. The smallest absolute Gasteiger partial charge is 0.138 e. The molecule has 0 atom stereocenters. The number of hydrogen-bond donors (Lipinski definition) is 1. The molecule has 0 aliphatic rings. The van der Waals surface area contributed by atoms with Crippen molar-refractivity contribution < 1.29 is 4.74 Å². The highest BCUT2D eigenvalue weighted by Crippen LogP contribution is 2.32. The number of fused-ring (bicyclic) bond motifs is 1. The molecule has 2 aromatic carbocycles. The number of benzene rings is 2. The van der Waals surface area contributed by atoms with Gasteiger partial charge < -0.3 is 9.72 Å². The van der Waals surface area contributed by atoms with Crippen molar-refractivity contribution in [3.63, 3.8) is 0 Å². The molecule has 102 valence electrons. The lowest BCUT2D eigenvalue weighted by molar-refractivity contribution is 0.415. The van der Waals surface area contributed by atoms with Crippen LogP contribution in [0.2, 0.25) is 10.0 Å². The maximum Gasteiger partial charge on any atom is 0.138 e. The van der Waals surface area contributed by atoms with Gasteiger partial charge in [0.05, 0.1) is 22.7 Å². The quantitative estimate of drug-likeness (QED) is 0.662. The second-order valence-electron chi connectivity index (χ2n) is 4.22. The van der Waals surface area contributed by atoms with Gasteiger partial charge in [0.1, 0.15) is 17.1 Å². The summed E-state index contributed by atoms with van der Waals surface area (Å²) in [7, 11) is 1.58. The third-order valence-corrected chi connectivity index (χ3v) is 3.97. The van der Waals surface area contributed by atoms with Crippen LogP contribution in [0.25, 0.3) is 22.4 Å². The van der Waals surface area contributed by atoms with Gasteiger partial charge in [0, 0.05) is 10.0 Å². The summed E-state index contributed by atoms with van der Waals surface area (Å²) >= 11 is 15.7. The van der Waals surface area contributed by atoms with E-state index >= 15 is 0 Å². The van der Waals surface area contributed by atoms with Crippen molar-refractivity contribution in [1.82, 2.24) is 9.97 Å². The Morgan fingerprint density at radius 1 is 1.15 bits per heavy atom. The summed E-state index contributed by atoms with van der Waals surface area (Å²) in [5.41, 5.74) is 2.47. The van der Waals surface area contributed by atoms with Gasteiger partial charge in [-0.15, -0.1) is 0 Å². The molecule has 3 rings (SSSR count). The summed E-state index contributed by atoms with van der Waals surface area (Å²) in [4.78, 5) is 7.75. The lowest BCUT2D eigenvalue weighted by Gasteiger charge is -2.03. The molecular formula is C14H9BrCl2N2O. The molecule has 3 aromatic rings. The minimum Gasteiger partial charge on any atom is -0.495 e. The second-order valence-corrected chi connectivity index (χ2v) is 5.95. The van der Waals surface area contributed by atoms with Crippen LogP contribution in [0.1, 0.15) is 0 Å². The van der Waals surface area contributed by atoms with Gasteiger partial charge in [-0.2, -0.15) is 0 Å². The Hall–Kier alpha value is -1.23. The molecule has 0 saturated heterocycles. The molecule has 1 heterocycles. The number of aromatic nitrogens is 2. The number of nitrogens with zero attached hydrogens (tertiary/aromatic N) is 1. The van der Waals surface area contributed by atoms with E-state index in [1.54, 1.807) is 13.2 Å². The van der Waals surface area contributed by atoms with Crippen molar-refractivity contribution in [2.75, 3.05) is 7.11 Å². The summed E-state index contributed by atoms with van der Waals surface area (Å²) in [6.07, 6.45) is 0. The maximum absolute atomic E-state index is 6.18. The fourth-order valence-electron chi connectivity index (χ4n) is 1.99. The third kappa shape index (κ3) is 2.39. The molecule has 0 unspecified atom stereocenters. The van der Waals surface area contributed by atoms with Crippen LogP contribution in [-0.4, -0.2) is 17.1 Å². The van der Waals surface area contributed by atoms with E-state index in [-0.39, 0.29) is 0 Å². The van der Waals surface area contributed by atoms with Crippen LogP contribution in [0.15, 0.2) is 34.8 Å². The van der Waals surface area contributed by atoms with Gasteiger partial charge in [-0.05, 0) is 30.3 Å². The minimum atomic E-state index is 0.540. The van der Waals surface area contributed by atoms with Crippen LogP contribution in [0.4, 0.5) is 0 Å². The molecule has 20 heavy (non-hydrogen) atoms. The van der Waals surface area contributed by atoms with Crippen molar-refractivity contribution >= 4 is 50.2 Å². The van der Waals surface area contributed by atoms with Crippen molar-refractivity contribution in [2.24, 2.45) is 0 Å². The van der Waals surface area contributed by atoms with Gasteiger partial charge in [-0.3, -0.25) is 0 Å². The second kappa shape index (κ2) is 5.28. The molecule has 0 aliphatic carbocycles. The summed E-state index contributed by atoms with van der Waals surface area (Å²) in [6.45, 7) is 0. The Bertz CT molecular complexity index is 801. The monoisotopic (exact) mass is 370 g/mol. The predicted molar refractivity (Wildman–Crippen MR) is 85.8 cm³/mol. The van der Waals surface area contributed by atoms with Crippen LogP contribution < -0.4 is 4.74 Å². The topological polar surface area (TPSA) is 37.9 Å². The van der Waals surface area contributed by atoms with Gasteiger partial charge in [0.2, 0.25) is 0 Å². The van der Waals surface area contributed by atoms with Crippen LogP contribution in [-0.2, 0) is 0 Å². The first-order chi connectivity index (χ1) is 9.58. The van der Waals surface area contributed by atoms with Crippen LogP contribution in [0.5, 0.6) is 5.75 Å². The molecule has 1 aromatic heterocycles. The fourth-order valence-corrected chi connectivity index (χ4v) is 3.10. The first-order valence-corrected chi connectivity index (χ1v) is 7.32. The molecule has 1 N–H and O–H groups in total. The van der Waals surface area contributed by atoms with Gasteiger partial charge in [0.15, 0.2) is 0 Å². The van der Waals surface area contributed by atoms with E-state index in [1.807, 2.05) is 24.3 Å². The Labute approximate surface area is 134 Å². The number of nitrogens with one attached hydrogen (secondary N) is 1. The maximum atomic E-state index is 6.18. The van der Waals surface area contributed by atoms with Gasteiger partial charge in [0.25, 0.3) is 0 Å². The zero-order valence-electron chi connectivity index (χ0n) is 10.4. The number of methoxy groups -OCH3 is 1. The Kier molecular flexibility index (Phi) is 3.63. The van der Waals surface area contributed by atoms with Crippen LogP contribution >= 0.6 is 39.1 Å². The van der Waals surface area contributed by atoms with E-state index < -0.39 is 0 Å². The molecule has 0 aliphatic heterocycles. The average Bonchev–Trinajstić information content (AvgIpc) is 2.82. The highest BCUT2D eigenvalue weighted by molar-refractivity contribution is 9.10. The predicted octanol–water partition coefficient (Wildman–Crippen LogP) is 5.31. The van der Waals surface area contributed by atoms with E-state index in [0.29, 0.717) is 21.6 Å². The molecule has 0 spiro atoms. The Morgan fingerprint density at radius 2 is 1.95 bits per heavy atom. The molecule has 0 amide bonds. The number of ether oxygens (including phenoxy) is 1. The van der Waals surface area contributed by atoms with Crippen LogP contribution in [0, 0.1) is 0 Å². The molecule has 0 fully saturated rings. The molecule has 3 nitrogen and oxygen atoms in total. The number of hydrogen-bond acceptors (Lipinski definition) is 2. The number of H-pyrrole nitrogens is 1. The Balaban J connectivity index is 2.15. The summed E-state index contributed by atoms with van der Waals surface area (Å²) in [5, 5.41) is 1.13. The van der Waals surface area contributed by atoms with E-state index in [0.717, 1.165) is 21.1 Å². The Morgan fingerprint density at radius 3 is 2.65 bits per heavy atom. The van der Waals surface area contributed by atoms with Crippen molar-refractivity contribution in [3.05, 3.63) is 44.8 Å². The number of imidazole rings is 1. The number of rotatable bonds is 2. The molecule has 6 heteroatoms. The summed E-state index contributed by atoms with van der Waals surface area (Å²) < 4.78 is 6.04. The SMILES string of the molecule is COc1ccc(-c2nc3c(Cl)cc(Br)cc3[nH]2)cc1Cl. The van der Waals surface area contributed by atoms with Crippen LogP contribution in [0.3, 0.4) is 0 Å². The van der Waals surface area contributed by atoms with E-state index in [4.69, 9.17) is 27.9 Å². The molecule has 0 radical (unpaired) electrons. The van der Waals surface area contributed by atoms with E-state index in [1.165, 1.54) is 0 Å². The first kappa shape index (κ1) is 13.7. The van der Waals surface area contributed by atoms with Crippen molar-refractivity contribution in [3.8, 4) is 17.1 Å². The minimum absolute atomic E-state index is 0.540. The van der Waals surface area contributed by atoms with Gasteiger partial charge >= 0.3 is 0 Å². The van der Waals surface area contributed by atoms with Crippen molar-refractivity contribution in [2.45, 2.75) is 0 Å².